The number of benzene rings is 1. The summed E-state index contributed by atoms with van der Waals surface area (Å²) in [7, 11) is 3.31. The molecule has 2 nitrogen and oxygen atoms in total. The number of rotatable bonds is 7. The Morgan fingerprint density at radius 3 is 2.26 bits per heavy atom. The molecule has 0 aliphatic rings. The second-order valence-corrected chi connectivity index (χ2v) is 5.56. The average molecular weight is 285 g/mol. The quantitative estimate of drug-likeness (QED) is 0.647. The van der Waals surface area contributed by atoms with Gasteiger partial charge in [0.15, 0.2) is 11.5 Å². The fourth-order valence-corrected chi connectivity index (χ4v) is 2.63. The van der Waals surface area contributed by atoms with E-state index in [1.165, 1.54) is 12.8 Å². The summed E-state index contributed by atoms with van der Waals surface area (Å²) < 4.78 is 10.7. The number of aryl methyl sites for hydroxylation is 1. The van der Waals surface area contributed by atoms with E-state index in [4.69, 9.17) is 21.1 Å². The molecule has 0 fully saturated rings. The van der Waals surface area contributed by atoms with Gasteiger partial charge in [0.05, 0.1) is 19.6 Å². The van der Waals surface area contributed by atoms with Crippen LogP contribution in [0.3, 0.4) is 0 Å². The Hall–Kier alpha value is -0.890. The Labute approximate surface area is 122 Å². The molecular weight excluding hydrogens is 260 g/mol. The van der Waals surface area contributed by atoms with Crippen molar-refractivity contribution in [3.8, 4) is 11.5 Å². The maximum Gasteiger partial charge on any atom is 0.161 e. The molecule has 0 aromatic heterocycles. The monoisotopic (exact) mass is 284 g/mol. The number of hydrogen-bond acceptors (Lipinski definition) is 2. The van der Waals surface area contributed by atoms with E-state index >= 15 is 0 Å². The average Bonchev–Trinajstić information content (AvgIpc) is 2.43. The largest absolute Gasteiger partial charge is 0.493 e. The lowest BCUT2D eigenvalue weighted by Crippen LogP contribution is -2.06. The number of alkyl halides is 1. The van der Waals surface area contributed by atoms with Gasteiger partial charge in [-0.05, 0) is 42.5 Å². The van der Waals surface area contributed by atoms with E-state index < -0.39 is 0 Å². The topological polar surface area (TPSA) is 18.5 Å². The molecule has 1 rings (SSSR count). The van der Waals surface area contributed by atoms with E-state index in [2.05, 4.69) is 20.8 Å². The predicted octanol–water partition coefficient (Wildman–Crippen LogP) is 5.12. The highest BCUT2D eigenvalue weighted by Crippen LogP contribution is 2.39. The van der Waals surface area contributed by atoms with Crippen LogP contribution in [-0.4, -0.2) is 14.2 Å². The van der Waals surface area contributed by atoms with Crippen molar-refractivity contribution in [3.63, 3.8) is 0 Å². The molecular formula is C16H25ClO2. The first-order chi connectivity index (χ1) is 9.04. The molecule has 0 heterocycles. The normalized spacial score (nSPS) is 14.0. The van der Waals surface area contributed by atoms with Crippen LogP contribution in [0, 0.1) is 12.8 Å². The van der Waals surface area contributed by atoms with Crippen molar-refractivity contribution >= 4 is 11.6 Å². The molecule has 0 aliphatic carbocycles. The zero-order valence-electron chi connectivity index (χ0n) is 12.6. The lowest BCUT2D eigenvalue weighted by atomic mass is 9.92. The van der Waals surface area contributed by atoms with Crippen molar-refractivity contribution in [2.24, 2.45) is 5.92 Å². The fourth-order valence-electron chi connectivity index (χ4n) is 2.27. The number of halogens is 1. The van der Waals surface area contributed by atoms with Crippen LogP contribution in [0.4, 0.5) is 0 Å². The van der Waals surface area contributed by atoms with Crippen LogP contribution in [0.5, 0.6) is 11.5 Å². The Morgan fingerprint density at radius 1 is 1.16 bits per heavy atom. The van der Waals surface area contributed by atoms with Crippen molar-refractivity contribution in [2.45, 2.75) is 45.4 Å². The maximum absolute atomic E-state index is 6.63. The third-order valence-corrected chi connectivity index (χ3v) is 4.25. The molecule has 0 radical (unpaired) electrons. The molecule has 2 unspecified atom stereocenters. The van der Waals surface area contributed by atoms with Crippen molar-refractivity contribution in [3.05, 3.63) is 23.3 Å². The minimum absolute atomic E-state index is 0.0198. The second-order valence-electron chi connectivity index (χ2n) is 5.09. The molecule has 0 saturated heterocycles. The van der Waals surface area contributed by atoms with Gasteiger partial charge in [-0.2, -0.15) is 0 Å². The van der Waals surface area contributed by atoms with Crippen molar-refractivity contribution < 1.29 is 9.47 Å². The number of methoxy groups -OCH3 is 2. The minimum Gasteiger partial charge on any atom is -0.493 e. The molecule has 1 aromatic rings. The first-order valence-electron chi connectivity index (χ1n) is 6.91. The molecule has 0 N–H and O–H groups in total. The summed E-state index contributed by atoms with van der Waals surface area (Å²) in [5.74, 6) is 1.96. The summed E-state index contributed by atoms with van der Waals surface area (Å²) in [5, 5.41) is 0.0198. The SMILES string of the molecule is CCCCC(C)C(Cl)c1cc(OC)c(OC)cc1C. The molecule has 0 saturated carbocycles. The second kappa shape index (κ2) is 7.64. The van der Waals surface area contributed by atoms with E-state index in [9.17, 15) is 0 Å². The summed E-state index contributed by atoms with van der Waals surface area (Å²) in [6.07, 6.45) is 3.58. The van der Waals surface area contributed by atoms with Crippen LogP contribution in [0.2, 0.25) is 0 Å². The van der Waals surface area contributed by atoms with Crippen LogP contribution in [-0.2, 0) is 0 Å². The lowest BCUT2D eigenvalue weighted by Gasteiger charge is -2.21. The zero-order valence-corrected chi connectivity index (χ0v) is 13.4. The van der Waals surface area contributed by atoms with Gasteiger partial charge in [-0.3, -0.25) is 0 Å². The van der Waals surface area contributed by atoms with E-state index in [-0.39, 0.29) is 5.38 Å². The van der Waals surface area contributed by atoms with Gasteiger partial charge >= 0.3 is 0 Å². The van der Waals surface area contributed by atoms with Crippen LogP contribution >= 0.6 is 11.6 Å². The first-order valence-corrected chi connectivity index (χ1v) is 7.35. The smallest absolute Gasteiger partial charge is 0.161 e. The van der Waals surface area contributed by atoms with Gasteiger partial charge in [0.1, 0.15) is 0 Å². The zero-order chi connectivity index (χ0) is 14.4. The molecule has 0 spiro atoms. The molecule has 0 aliphatic heterocycles. The Balaban J connectivity index is 2.99. The van der Waals surface area contributed by atoms with Crippen LogP contribution in [0.15, 0.2) is 12.1 Å². The first kappa shape index (κ1) is 16.2. The molecule has 19 heavy (non-hydrogen) atoms. The molecule has 3 heteroatoms. The lowest BCUT2D eigenvalue weighted by molar-refractivity contribution is 0.353. The van der Waals surface area contributed by atoms with E-state index in [0.717, 1.165) is 29.0 Å². The summed E-state index contributed by atoms with van der Waals surface area (Å²) in [6.45, 7) is 6.49. The van der Waals surface area contributed by atoms with Crippen molar-refractivity contribution in [1.29, 1.82) is 0 Å². The van der Waals surface area contributed by atoms with Crippen LogP contribution in [0.25, 0.3) is 0 Å². The highest BCUT2D eigenvalue weighted by Gasteiger charge is 2.20. The van der Waals surface area contributed by atoms with E-state index in [1.807, 2.05) is 12.1 Å². The number of hydrogen-bond donors (Lipinski definition) is 0. The molecule has 0 amide bonds. The standard InChI is InChI=1S/C16H25ClO2/c1-6-7-8-11(2)16(17)13-10-15(19-5)14(18-4)9-12(13)3/h9-11,16H,6-8H2,1-5H3. The summed E-state index contributed by atoms with van der Waals surface area (Å²) in [4.78, 5) is 0. The third-order valence-electron chi connectivity index (χ3n) is 3.58. The Kier molecular flexibility index (Phi) is 6.50. The molecule has 0 bridgehead atoms. The van der Waals surface area contributed by atoms with Crippen molar-refractivity contribution in [2.75, 3.05) is 14.2 Å². The Morgan fingerprint density at radius 2 is 1.74 bits per heavy atom. The van der Waals surface area contributed by atoms with Gasteiger partial charge in [-0.1, -0.05) is 26.7 Å². The molecule has 108 valence electrons. The van der Waals surface area contributed by atoms with E-state index in [0.29, 0.717) is 5.92 Å². The maximum atomic E-state index is 6.63. The van der Waals surface area contributed by atoms with Gasteiger partial charge in [-0.15, -0.1) is 11.6 Å². The third kappa shape index (κ3) is 4.04. The van der Waals surface area contributed by atoms with Gasteiger partial charge < -0.3 is 9.47 Å². The summed E-state index contributed by atoms with van der Waals surface area (Å²) in [5.41, 5.74) is 2.30. The summed E-state index contributed by atoms with van der Waals surface area (Å²) >= 11 is 6.63. The Bertz CT molecular complexity index is 404. The highest BCUT2D eigenvalue weighted by molar-refractivity contribution is 6.21. The molecule has 1 aromatic carbocycles. The molecule has 2 atom stereocenters. The van der Waals surface area contributed by atoms with Crippen LogP contribution < -0.4 is 9.47 Å². The van der Waals surface area contributed by atoms with E-state index in [1.54, 1.807) is 14.2 Å². The fraction of sp³-hybridized carbons (Fsp3) is 0.625. The minimum atomic E-state index is 0.0198. The van der Waals surface area contributed by atoms with Gasteiger partial charge in [0, 0.05) is 0 Å². The van der Waals surface area contributed by atoms with Crippen molar-refractivity contribution in [1.82, 2.24) is 0 Å². The van der Waals surface area contributed by atoms with Gasteiger partial charge in [0.2, 0.25) is 0 Å². The summed E-state index contributed by atoms with van der Waals surface area (Å²) in [6, 6.07) is 4.00. The van der Waals surface area contributed by atoms with Gasteiger partial charge in [0.25, 0.3) is 0 Å². The predicted molar refractivity (Wildman–Crippen MR) is 81.6 cm³/mol. The number of ether oxygens (including phenoxy) is 2. The van der Waals surface area contributed by atoms with Gasteiger partial charge in [-0.25, -0.2) is 0 Å². The number of unbranched alkanes of at least 4 members (excludes halogenated alkanes) is 1. The van der Waals surface area contributed by atoms with Crippen LogP contribution in [0.1, 0.15) is 49.6 Å². The highest BCUT2D eigenvalue weighted by atomic mass is 35.5.